The van der Waals surface area contributed by atoms with E-state index in [-0.39, 0.29) is 5.75 Å². The maximum Gasteiger partial charge on any atom is 0.416 e. The Kier molecular flexibility index (Phi) is 3.27. The zero-order chi connectivity index (χ0) is 11.6. The number of rotatable bonds is 1. The van der Waals surface area contributed by atoms with Crippen molar-refractivity contribution < 1.29 is 17.4 Å². The van der Waals surface area contributed by atoms with Gasteiger partial charge in [0.15, 0.2) is 0 Å². The van der Waals surface area contributed by atoms with Gasteiger partial charge in [0.25, 0.3) is 0 Å². The van der Waals surface area contributed by atoms with Gasteiger partial charge in [-0.05, 0) is 24.6 Å². The van der Waals surface area contributed by atoms with Crippen LogP contribution in [0.2, 0.25) is 0 Å². The fraction of sp³-hybridized carbons (Fsp3) is 0.300. The molecule has 0 bridgehead atoms. The van der Waals surface area contributed by atoms with E-state index in [1.807, 2.05) is 0 Å². The minimum absolute atomic E-state index is 0.0647. The Balaban J connectivity index is 3.18. The van der Waals surface area contributed by atoms with Gasteiger partial charge in [-0.1, -0.05) is 17.3 Å². The minimum atomic E-state index is -4.38. The van der Waals surface area contributed by atoms with Crippen molar-refractivity contribution in [2.75, 3.05) is 0 Å². The van der Waals surface area contributed by atoms with Crippen molar-refractivity contribution in [2.45, 2.75) is 18.9 Å². The van der Waals surface area contributed by atoms with Crippen molar-refractivity contribution >= 4 is 10.2 Å². The van der Waals surface area contributed by atoms with Gasteiger partial charge >= 0.3 is 6.18 Å². The van der Waals surface area contributed by atoms with E-state index >= 15 is 0 Å². The molecule has 15 heavy (non-hydrogen) atoms. The van der Waals surface area contributed by atoms with Crippen molar-refractivity contribution in [1.82, 2.24) is 0 Å². The van der Waals surface area contributed by atoms with Crippen LogP contribution in [0.25, 0.3) is 0 Å². The fourth-order valence-corrected chi connectivity index (χ4v) is 1.77. The second-order valence-electron chi connectivity index (χ2n) is 3.23. The van der Waals surface area contributed by atoms with Gasteiger partial charge in [0.05, 0.1) is 11.3 Å². The lowest BCUT2D eigenvalue weighted by Gasteiger charge is -2.09. The van der Waals surface area contributed by atoms with Crippen LogP contribution in [0, 0.1) is 12.6 Å². The summed E-state index contributed by atoms with van der Waals surface area (Å²) >= 11 is 0. The molecule has 0 saturated heterocycles. The van der Waals surface area contributed by atoms with Gasteiger partial charge in [-0.2, -0.15) is 13.2 Å². The molecular weight excluding hydrogens is 225 g/mol. The van der Waals surface area contributed by atoms with Crippen LogP contribution in [0.3, 0.4) is 0 Å². The summed E-state index contributed by atoms with van der Waals surface area (Å²) < 4.78 is 47.8. The Bertz CT molecular complexity index is 485. The molecule has 1 aromatic rings. The first-order valence-corrected chi connectivity index (χ1v) is 5.48. The van der Waals surface area contributed by atoms with E-state index in [0.29, 0.717) is 11.1 Å². The molecule has 0 radical (unpaired) electrons. The summed E-state index contributed by atoms with van der Waals surface area (Å²) in [6.45, 7) is 1.55. The Morgan fingerprint density at radius 1 is 1.33 bits per heavy atom. The molecule has 0 aromatic heterocycles. The van der Waals surface area contributed by atoms with Crippen LogP contribution in [0.15, 0.2) is 18.2 Å². The van der Waals surface area contributed by atoms with Crippen molar-refractivity contribution in [2.24, 2.45) is 0 Å². The molecule has 0 atom stereocenters. The van der Waals surface area contributed by atoms with E-state index < -0.39 is 21.9 Å². The van der Waals surface area contributed by atoms with Gasteiger partial charge in [0.1, 0.15) is 0 Å². The zero-order valence-corrected chi connectivity index (χ0v) is 8.78. The van der Waals surface area contributed by atoms with Crippen molar-refractivity contribution in [3.05, 3.63) is 34.9 Å². The van der Waals surface area contributed by atoms with Crippen molar-refractivity contribution in [3.63, 3.8) is 0 Å². The quantitative estimate of drug-likeness (QED) is 0.730. The van der Waals surface area contributed by atoms with Crippen LogP contribution < -0.4 is 0 Å². The first-order chi connectivity index (χ1) is 6.79. The molecule has 1 rings (SSSR count). The van der Waals surface area contributed by atoms with E-state index in [1.165, 1.54) is 0 Å². The maximum atomic E-state index is 12.4. The SMILES string of the molecule is C#S(=O)Cc1cc(C)cc(C(F)(F)F)c1. The third-order valence-electron chi connectivity index (χ3n) is 1.77. The number of hydrogen-bond donors (Lipinski definition) is 0. The topological polar surface area (TPSA) is 17.1 Å². The molecule has 1 aromatic carbocycles. The number of halogens is 3. The highest BCUT2D eigenvalue weighted by molar-refractivity contribution is 7.72. The highest BCUT2D eigenvalue weighted by Gasteiger charge is 2.30. The molecule has 0 aliphatic carbocycles. The highest BCUT2D eigenvalue weighted by Crippen LogP contribution is 2.30. The van der Waals surface area contributed by atoms with Crippen LogP contribution in [0.4, 0.5) is 13.2 Å². The molecule has 0 N–H and O–H groups in total. The van der Waals surface area contributed by atoms with Crippen LogP contribution >= 0.6 is 0 Å². The predicted molar refractivity (Wildman–Crippen MR) is 53.0 cm³/mol. The van der Waals surface area contributed by atoms with Gasteiger partial charge in [-0.15, -0.1) is 0 Å². The van der Waals surface area contributed by atoms with Crippen LogP contribution in [-0.4, -0.2) is 4.21 Å². The molecule has 0 heterocycles. The highest BCUT2D eigenvalue weighted by atomic mass is 32.2. The largest absolute Gasteiger partial charge is 0.416 e. The minimum Gasteiger partial charge on any atom is -0.222 e. The average molecular weight is 234 g/mol. The van der Waals surface area contributed by atoms with E-state index in [1.54, 1.807) is 13.0 Å². The molecule has 5 heteroatoms. The summed E-state index contributed by atoms with van der Waals surface area (Å²) in [5.41, 5.74) is 5.10. The smallest absolute Gasteiger partial charge is 0.222 e. The Labute approximate surface area is 87.6 Å². The first-order valence-electron chi connectivity index (χ1n) is 4.09. The summed E-state index contributed by atoms with van der Waals surface area (Å²) in [7, 11) is -1.63. The molecule has 0 aliphatic rings. The molecule has 0 amide bonds. The standard InChI is InChI=1S/C10H9F3OS/c1-7-3-8(6-15(2)14)5-9(4-7)10(11,12)13/h2-5H,6H2,1H3. The van der Waals surface area contributed by atoms with Crippen molar-refractivity contribution in [1.29, 1.82) is 0 Å². The fourth-order valence-electron chi connectivity index (χ4n) is 1.27. The summed E-state index contributed by atoms with van der Waals surface area (Å²) in [6.07, 6.45) is -4.38. The molecule has 0 fully saturated rings. The molecule has 0 unspecified atom stereocenters. The monoisotopic (exact) mass is 234 g/mol. The Morgan fingerprint density at radius 2 is 1.93 bits per heavy atom. The van der Waals surface area contributed by atoms with Gasteiger partial charge in [-0.3, -0.25) is 0 Å². The van der Waals surface area contributed by atoms with Crippen LogP contribution in [-0.2, 0) is 22.1 Å². The number of aryl methyl sites for hydroxylation is 1. The van der Waals surface area contributed by atoms with Gasteiger partial charge in [-0.25, -0.2) is 4.21 Å². The number of benzene rings is 1. The van der Waals surface area contributed by atoms with Gasteiger partial charge < -0.3 is 0 Å². The third kappa shape index (κ3) is 3.46. The molecular formula is C10H9F3OS. The number of hydrogen-bond acceptors (Lipinski definition) is 1. The molecule has 0 aliphatic heterocycles. The molecule has 82 valence electrons. The Hall–Kier alpha value is -1.19. The second-order valence-corrected chi connectivity index (χ2v) is 4.28. The normalized spacial score (nSPS) is 11.4. The molecule has 0 saturated carbocycles. The van der Waals surface area contributed by atoms with E-state index in [2.05, 4.69) is 0 Å². The van der Waals surface area contributed by atoms with Gasteiger partial charge in [0, 0.05) is 10.2 Å². The maximum absolute atomic E-state index is 12.4. The lowest BCUT2D eigenvalue weighted by Crippen LogP contribution is -2.06. The van der Waals surface area contributed by atoms with Crippen LogP contribution in [0.5, 0.6) is 0 Å². The Morgan fingerprint density at radius 3 is 2.40 bits per heavy atom. The summed E-state index contributed by atoms with van der Waals surface area (Å²) in [5, 5.41) is 0. The number of alkyl halides is 3. The van der Waals surface area contributed by atoms with E-state index in [0.717, 1.165) is 12.1 Å². The average Bonchev–Trinajstić information content (AvgIpc) is 1.99. The summed E-state index contributed by atoms with van der Waals surface area (Å²) in [6, 6.07) is 3.56. The second kappa shape index (κ2) is 4.13. The summed E-state index contributed by atoms with van der Waals surface area (Å²) in [4.78, 5) is 0. The first kappa shape index (κ1) is 11.9. The zero-order valence-electron chi connectivity index (χ0n) is 7.97. The predicted octanol–water partition coefficient (Wildman–Crippen LogP) is 2.85. The summed E-state index contributed by atoms with van der Waals surface area (Å²) in [5.74, 6) is -0.0647. The van der Waals surface area contributed by atoms with Crippen molar-refractivity contribution in [3.8, 4) is 5.69 Å². The molecule has 0 spiro atoms. The third-order valence-corrected chi connectivity index (χ3v) is 2.39. The lowest BCUT2D eigenvalue weighted by atomic mass is 10.1. The van der Waals surface area contributed by atoms with Gasteiger partial charge in [0.2, 0.25) is 0 Å². The van der Waals surface area contributed by atoms with E-state index in [4.69, 9.17) is 5.69 Å². The van der Waals surface area contributed by atoms with Crippen LogP contribution in [0.1, 0.15) is 16.7 Å². The van der Waals surface area contributed by atoms with E-state index in [9.17, 15) is 17.4 Å². The lowest BCUT2D eigenvalue weighted by molar-refractivity contribution is -0.137. The molecule has 1 nitrogen and oxygen atoms in total.